The second-order valence-electron chi connectivity index (χ2n) is 6.97. The van der Waals surface area contributed by atoms with Gasteiger partial charge in [0.2, 0.25) is 5.91 Å². The highest BCUT2D eigenvalue weighted by molar-refractivity contribution is 5.84. The molecule has 3 aliphatic rings. The van der Waals surface area contributed by atoms with Gasteiger partial charge in [-0.05, 0) is 51.0 Å². The minimum Gasteiger partial charge on any atom is -0.481 e. The summed E-state index contributed by atoms with van der Waals surface area (Å²) in [5, 5.41) is 12.7. The van der Waals surface area contributed by atoms with Gasteiger partial charge in [0.15, 0.2) is 0 Å². The number of rotatable bonds is 2. The summed E-state index contributed by atoms with van der Waals surface area (Å²) >= 11 is 0. The first-order valence-corrected chi connectivity index (χ1v) is 7.77. The first-order chi connectivity index (χ1) is 9.51. The molecule has 0 spiro atoms. The molecule has 2 aliphatic heterocycles. The van der Waals surface area contributed by atoms with E-state index in [2.05, 4.69) is 5.32 Å². The Hall–Kier alpha value is -1.10. The minimum absolute atomic E-state index is 0.0707. The Morgan fingerprint density at radius 2 is 2.10 bits per heavy atom. The molecule has 0 aromatic carbocycles. The summed E-state index contributed by atoms with van der Waals surface area (Å²) in [6, 6.07) is -0.0707. The van der Waals surface area contributed by atoms with Gasteiger partial charge in [0.25, 0.3) is 0 Å². The first kappa shape index (κ1) is 13.9. The smallest absolute Gasteiger partial charge is 0.311 e. The molecule has 0 aromatic heterocycles. The maximum absolute atomic E-state index is 12.7. The molecule has 2 saturated heterocycles. The van der Waals surface area contributed by atoms with Crippen LogP contribution >= 0.6 is 0 Å². The van der Waals surface area contributed by atoms with Crippen LogP contribution in [-0.2, 0) is 9.59 Å². The molecule has 112 valence electrons. The van der Waals surface area contributed by atoms with Crippen LogP contribution in [-0.4, -0.2) is 47.6 Å². The summed E-state index contributed by atoms with van der Waals surface area (Å²) < 4.78 is 0. The topological polar surface area (TPSA) is 69.6 Å². The molecule has 4 unspecified atom stereocenters. The Morgan fingerprint density at radius 3 is 2.85 bits per heavy atom. The number of carboxylic acid groups (broad SMARTS) is 1. The zero-order chi connectivity index (χ0) is 14.3. The predicted octanol–water partition coefficient (Wildman–Crippen LogP) is 1.09. The quantitative estimate of drug-likeness (QED) is 0.794. The molecule has 1 amide bonds. The van der Waals surface area contributed by atoms with Gasteiger partial charge < -0.3 is 15.3 Å². The van der Waals surface area contributed by atoms with E-state index >= 15 is 0 Å². The summed E-state index contributed by atoms with van der Waals surface area (Å²) in [6.45, 7) is 3.77. The fraction of sp³-hybridized carbons (Fsp3) is 0.867. The first-order valence-electron chi connectivity index (χ1n) is 7.77. The molecule has 2 N–H and O–H groups in total. The maximum Gasteiger partial charge on any atom is 0.311 e. The molecular formula is C15H24N2O3. The SMILES string of the molecule is CC1(C(=O)O)CCCN(C(=O)C2NCC3CCCC32)C1. The third-order valence-electron chi connectivity index (χ3n) is 5.54. The molecule has 2 heterocycles. The second kappa shape index (κ2) is 5.02. The van der Waals surface area contributed by atoms with Crippen molar-refractivity contribution in [3.8, 4) is 0 Å². The molecule has 5 nitrogen and oxygen atoms in total. The molecule has 0 radical (unpaired) electrons. The van der Waals surface area contributed by atoms with Crippen LogP contribution in [0.2, 0.25) is 0 Å². The number of amides is 1. The van der Waals surface area contributed by atoms with Gasteiger partial charge in [-0.15, -0.1) is 0 Å². The van der Waals surface area contributed by atoms with Gasteiger partial charge in [-0.25, -0.2) is 0 Å². The number of fused-ring (bicyclic) bond motifs is 1. The van der Waals surface area contributed by atoms with E-state index < -0.39 is 11.4 Å². The number of carbonyl (C=O) groups is 2. The number of carbonyl (C=O) groups excluding carboxylic acids is 1. The van der Waals surface area contributed by atoms with Gasteiger partial charge in [0.05, 0.1) is 11.5 Å². The number of nitrogens with zero attached hydrogens (tertiary/aromatic N) is 1. The summed E-state index contributed by atoms with van der Waals surface area (Å²) in [6.07, 6.45) is 5.05. The fourth-order valence-corrected chi connectivity index (χ4v) is 4.26. The highest BCUT2D eigenvalue weighted by Gasteiger charge is 2.46. The van der Waals surface area contributed by atoms with Gasteiger partial charge in [-0.3, -0.25) is 9.59 Å². The standard InChI is InChI=1S/C15H24N2O3/c1-15(14(19)20)6-3-7-17(9-15)13(18)12-11-5-2-4-10(11)8-16-12/h10-12,16H,2-9H2,1H3,(H,19,20). The summed E-state index contributed by atoms with van der Waals surface area (Å²) in [5.74, 6) is 0.472. The van der Waals surface area contributed by atoms with Gasteiger partial charge in [-0.2, -0.15) is 0 Å². The zero-order valence-corrected chi connectivity index (χ0v) is 12.1. The van der Waals surface area contributed by atoms with E-state index in [1.54, 1.807) is 11.8 Å². The Morgan fingerprint density at radius 1 is 1.30 bits per heavy atom. The van der Waals surface area contributed by atoms with E-state index in [9.17, 15) is 14.7 Å². The lowest BCUT2D eigenvalue weighted by Gasteiger charge is -2.39. The summed E-state index contributed by atoms with van der Waals surface area (Å²) in [4.78, 5) is 25.9. The number of hydrogen-bond donors (Lipinski definition) is 2. The molecule has 3 fully saturated rings. The largest absolute Gasteiger partial charge is 0.481 e. The van der Waals surface area contributed by atoms with Crippen LogP contribution in [0.5, 0.6) is 0 Å². The van der Waals surface area contributed by atoms with E-state index in [1.807, 2.05) is 0 Å². The lowest BCUT2D eigenvalue weighted by atomic mass is 9.81. The minimum atomic E-state index is -0.784. The van der Waals surface area contributed by atoms with Crippen molar-refractivity contribution in [2.75, 3.05) is 19.6 Å². The number of hydrogen-bond acceptors (Lipinski definition) is 3. The highest BCUT2D eigenvalue weighted by atomic mass is 16.4. The number of nitrogens with one attached hydrogen (secondary N) is 1. The average Bonchev–Trinajstić information content (AvgIpc) is 3.00. The normalized spacial score (nSPS) is 40.6. The summed E-state index contributed by atoms with van der Waals surface area (Å²) in [7, 11) is 0. The Labute approximate surface area is 119 Å². The van der Waals surface area contributed by atoms with Crippen molar-refractivity contribution in [1.82, 2.24) is 10.2 Å². The number of piperidine rings is 1. The number of carboxylic acids is 1. The highest BCUT2D eigenvalue weighted by Crippen LogP contribution is 2.39. The molecule has 5 heteroatoms. The van der Waals surface area contributed by atoms with Gasteiger partial charge >= 0.3 is 5.97 Å². The van der Waals surface area contributed by atoms with Crippen molar-refractivity contribution in [2.24, 2.45) is 17.3 Å². The van der Waals surface area contributed by atoms with Crippen molar-refractivity contribution >= 4 is 11.9 Å². The van der Waals surface area contributed by atoms with Crippen molar-refractivity contribution in [1.29, 1.82) is 0 Å². The van der Waals surface area contributed by atoms with Crippen LogP contribution in [0.25, 0.3) is 0 Å². The van der Waals surface area contributed by atoms with Crippen LogP contribution in [0.4, 0.5) is 0 Å². The lowest BCUT2D eigenvalue weighted by Crippen LogP contribution is -2.53. The number of aliphatic carboxylic acids is 1. The number of likely N-dealkylation sites (tertiary alicyclic amines) is 1. The van der Waals surface area contributed by atoms with E-state index in [0.717, 1.165) is 19.4 Å². The van der Waals surface area contributed by atoms with Crippen LogP contribution in [0, 0.1) is 17.3 Å². The maximum atomic E-state index is 12.7. The third-order valence-corrected chi connectivity index (χ3v) is 5.54. The van der Waals surface area contributed by atoms with E-state index in [-0.39, 0.29) is 11.9 Å². The van der Waals surface area contributed by atoms with Crippen molar-refractivity contribution < 1.29 is 14.7 Å². The van der Waals surface area contributed by atoms with Crippen LogP contribution in [0.1, 0.15) is 39.0 Å². The predicted molar refractivity (Wildman–Crippen MR) is 74.2 cm³/mol. The van der Waals surface area contributed by atoms with E-state index in [0.29, 0.717) is 31.3 Å². The molecule has 4 atom stereocenters. The lowest BCUT2D eigenvalue weighted by molar-refractivity contribution is -0.154. The Bertz CT molecular complexity index is 425. The third kappa shape index (κ3) is 2.22. The van der Waals surface area contributed by atoms with Crippen molar-refractivity contribution in [3.05, 3.63) is 0 Å². The van der Waals surface area contributed by atoms with E-state index in [1.165, 1.54) is 12.8 Å². The molecule has 0 aromatic rings. The molecule has 3 rings (SSSR count). The zero-order valence-electron chi connectivity index (χ0n) is 12.1. The van der Waals surface area contributed by atoms with Crippen molar-refractivity contribution in [3.63, 3.8) is 0 Å². The summed E-state index contributed by atoms with van der Waals surface area (Å²) in [5.41, 5.74) is -0.776. The molecule has 1 aliphatic carbocycles. The molecule has 20 heavy (non-hydrogen) atoms. The Balaban J connectivity index is 1.69. The van der Waals surface area contributed by atoms with Crippen molar-refractivity contribution in [2.45, 2.75) is 45.1 Å². The van der Waals surface area contributed by atoms with Gasteiger partial charge in [-0.1, -0.05) is 6.42 Å². The Kier molecular flexibility index (Phi) is 3.48. The van der Waals surface area contributed by atoms with Gasteiger partial charge in [0.1, 0.15) is 0 Å². The molecule has 1 saturated carbocycles. The average molecular weight is 280 g/mol. The van der Waals surface area contributed by atoms with Gasteiger partial charge in [0, 0.05) is 13.1 Å². The van der Waals surface area contributed by atoms with Crippen LogP contribution < -0.4 is 5.32 Å². The van der Waals surface area contributed by atoms with Crippen LogP contribution in [0.3, 0.4) is 0 Å². The fourth-order valence-electron chi connectivity index (χ4n) is 4.26. The van der Waals surface area contributed by atoms with E-state index in [4.69, 9.17) is 0 Å². The monoisotopic (exact) mass is 280 g/mol. The second-order valence-corrected chi connectivity index (χ2v) is 6.97. The molecular weight excluding hydrogens is 256 g/mol. The molecule has 0 bridgehead atoms. The van der Waals surface area contributed by atoms with Crippen LogP contribution in [0.15, 0.2) is 0 Å².